The molecule has 0 amide bonds. The fourth-order valence-corrected chi connectivity index (χ4v) is 3.77. The van der Waals surface area contributed by atoms with E-state index in [2.05, 4.69) is 15.3 Å². The number of rotatable bonds is 5. The lowest BCUT2D eigenvalue weighted by Crippen LogP contribution is -2.40. The van der Waals surface area contributed by atoms with Crippen LogP contribution in [-0.4, -0.2) is 45.9 Å². The highest BCUT2D eigenvalue weighted by Crippen LogP contribution is 2.37. The molecule has 9 heteroatoms. The first-order chi connectivity index (χ1) is 15.0. The predicted octanol–water partition coefficient (Wildman–Crippen LogP) is 3.01. The summed E-state index contributed by atoms with van der Waals surface area (Å²) in [6.07, 6.45) is 5.41. The Bertz CT molecular complexity index is 1130. The Hall–Kier alpha value is -3.51. The minimum atomic E-state index is -0.578. The number of anilines is 2. The van der Waals surface area contributed by atoms with Crippen LogP contribution in [0.25, 0.3) is 22.4 Å². The molecule has 1 aromatic carbocycles. The molecule has 4 rings (SSSR count). The second-order valence-corrected chi connectivity index (χ2v) is 7.56. The number of benzene rings is 1. The van der Waals surface area contributed by atoms with E-state index >= 15 is 0 Å². The lowest BCUT2D eigenvalue weighted by atomic mass is 10.0. The predicted molar refractivity (Wildman–Crippen MR) is 118 cm³/mol. The van der Waals surface area contributed by atoms with Crippen LogP contribution in [0.4, 0.5) is 16.2 Å². The van der Waals surface area contributed by atoms with Crippen molar-refractivity contribution in [1.82, 2.24) is 19.7 Å². The molecule has 0 unspecified atom stereocenters. The first-order valence-electron chi connectivity index (χ1n) is 10.4. The third-order valence-electron chi connectivity index (χ3n) is 5.57. The Kier molecular flexibility index (Phi) is 5.82. The van der Waals surface area contributed by atoms with Gasteiger partial charge in [-0.15, -0.1) is 0 Å². The second-order valence-electron chi connectivity index (χ2n) is 7.56. The molecule has 0 bridgehead atoms. The van der Waals surface area contributed by atoms with Crippen molar-refractivity contribution in [3.63, 3.8) is 0 Å². The quantitative estimate of drug-likeness (QED) is 0.653. The smallest absolute Gasteiger partial charge is 0.227 e. The molecule has 0 radical (unpaired) electrons. The van der Waals surface area contributed by atoms with Gasteiger partial charge in [0, 0.05) is 50.0 Å². The van der Waals surface area contributed by atoms with Gasteiger partial charge in [0.05, 0.1) is 23.0 Å². The summed E-state index contributed by atoms with van der Waals surface area (Å²) in [7, 11) is 1.80. The number of aromatic nitrogens is 4. The maximum absolute atomic E-state index is 14.5. The summed E-state index contributed by atoms with van der Waals surface area (Å²) in [5.41, 5.74) is 8.78. The highest BCUT2D eigenvalue weighted by atomic mass is 19.1. The van der Waals surface area contributed by atoms with Crippen LogP contribution >= 0.6 is 0 Å². The molecule has 1 aliphatic rings. The number of aryl methyl sites for hydroxylation is 1. The van der Waals surface area contributed by atoms with Gasteiger partial charge in [0.2, 0.25) is 5.95 Å². The Morgan fingerprint density at radius 2 is 2.03 bits per heavy atom. The standard InChI is InChI=1S/C22H25FN8/c1-3-31-13-16(12-27-31)19-20(14-4-5-15(11-24)18(23)10-14)28-22(29-21(19)26-2)30-8-6-17(25)7-9-30/h4-5,10,12-13,17H,3,6-9,25H2,1-2H3,(H,26,28,29). The van der Waals surface area contributed by atoms with E-state index in [1.807, 2.05) is 23.9 Å². The van der Waals surface area contributed by atoms with E-state index in [9.17, 15) is 4.39 Å². The van der Waals surface area contributed by atoms with Crippen LogP contribution in [0.5, 0.6) is 0 Å². The molecule has 0 aliphatic carbocycles. The number of nitrogens with one attached hydrogen (secondary N) is 1. The fraction of sp³-hybridized carbons (Fsp3) is 0.364. The SMILES string of the molecule is CCn1cc(-c2c(NC)nc(N3CCC(N)CC3)nc2-c2ccc(C#N)c(F)c2)cn1. The van der Waals surface area contributed by atoms with E-state index in [1.165, 1.54) is 12.1 Å². The summed E-state index contributed by atoms with van der Waals surface area (Å²) >= 11 is 0. The van der Waals surface area contributed by atoms with Crippen LogP contribution in [-0.2, 0) is 6.54 Å². The van der Waals surface area contributed by atoms with Crippen LogP contribution in [0.2, 0.25) is 0 Å². The van der Waals surface area contributed by atoms with Gasteiger partial charge in [0.15, 0.2) is 0 Å². The Balaban J connectivity index is 1.90. The number of nitrogens with zero attached hydrogens (tertiary/aromatic N) is 6. The molecule has 0 spiro atoms. The number of piperidine rings is 1. The lowest BCUT2D eigenvalue weighted by Gasteiger charge is -2.31. The molecule has 1 aliphatic heterocycles. The summed E-state index contributed by atoms with van der Waals surface area (Å²) < 4.78 is 16.3. The minimum absolute atomic E-state index is 0.00256. The average molecular weight is 420 g/mol. The van der Waals surface area contributed by atoms with Gasteiger partial charge >= 0.3 is 0 Å². The Morgan fingerprint density at radius 3 is 2.65 bits per heavy atom. The first kappa shape index (κ1) is 20.8. The molecule has 31 heavy (non-hydrogen) atoms. The molecule has 0 atom stereocenters. The summed E-state index contributed by atoms with van der Waals surface area (Å²) in [6.45, 7) is 4.26. The topological polar surface area (TPSA) is 109 Å². The maximum Gasteiger partial charge on any atom is 0.227 e. The number of nitrogens with two attached hydrogens (primary N) is 1. The number of nitriles is 1. The molecule has 1 saturated heterocycles. The highest BCUT2D eigenvalue weighted by molar-refractivity contribution is 5.88. The molecule has 1 fully saturated rings. The molecule has 3 heterocycles. The van der Waals surface area contributed by atoms with Crippen LogP contribution in [0.1, 0.15) is 25.3 Å². The van der Waals surface area contributed by atoms with Crippen LogP contribution < -0.4 is 16.0 Å². The Morgan fingerprint density at radius 1 is 1.26 bits per heavy atom. The number of halogens is 1. The second kappa shape index (κ2) is 8.70. The molecular weight excluding hydrogens is 395 g/mol. The van der Waals surface area contributed by atoms with Crippen molar-refractivity contribution >= 4 is 11.8 Å². The highest BCUT2D eigenvalue weighted by Gasteiger charge is 2.24. The number of hydrogen-bond acceptors (Lipinski definition) is 7. The third-order valence-corrected chi connectivity index (χ3v) is 5.57. The molecule has 0 saturated carbocycles. The van der Waals surface area contributed by atoms with E-state index in [-0.39, 0.29) is 11.6 Å². The van der Waals surface area contributed by atoms with Gasteiger partial charge in [0.1, 0.15) is 17.7 Å². The van der Waals surface area contributed by atoms with Crippen LogP contribution in [0, 0.1) is 17.1 Å². The van der Waals surface area contributed by atoms with Gasteiger partial charge in [-0.25, -0.2) is 9.37 Å². The van der Waals surface area contributed by atoms with Crippen molar-refractivity contribution in [2.45, 2.75) is 32.4 Å². The van der Waals surface area contributed by atoms with Gasteiger partial charge in [-0.2, -0.15) is 15.3 Å². The molecule has 2 aromatic heterocycles. The minimum Gasteiger partial charge on any atom is -0.372 e. The molecular formula is C22H25FN8. The van der Waals surface area contributed by atoms with Crippen LogP contribution in [0.3, 0.4) is 0 Å². The van der Waals surface area contributed by atoms with Crippen molar-refractivity contribution in [2.24, 2.45) is 5.73 Å². The van der Waals surface area contributed by atoms with Crippen molar-refractivity contribution in [2.75, 3.05) is 30.4 Å². The van der Waals surface area contributed by atoms with Gasteiger partial charge < -0.3 is 16.0 Å². The summed E-state index contributed by atoms with van der Waals surface area (Å²) in [5.74, 6) is 0.628. The maximum atomic E-state index is 14.5. The van der Waals surface area contributed by atoms with Crippen LogP contribution in [0.15, 0.2) is 30.6 Å². The van der Waals surface area contributed by atoms with E-state index in [0.717, 1.165) is 43.6 Å². The zero-order chi connectivity index (χ0) is 22.0. The van der Waals surface area contributed by atoms with Crippen molar-refractivity contribution in [3.8, 4) is 28.5 Å². The zero-order valence-electron chi connectivity index (χ0n) is 17.6. The fourth-order valence-electron chi connectivity index (χ4n) is 3.77. The normalized spacial score (nSPS) is 14.5. The van der Waals surface area contributed by atoms with E-state index < -0.39 is 5.82 Å². The Labute approximate surface area is 180 Å². The van der Waals surface area contributed by atoms with E-state index in [4.69, 9.17) is 21.0 Å². The summed E-state index contributed by atoms with van der Waals surface area (Å²) in [4.78, 5) is 11.7. The zero-order valence-corrected chi connectivity index (χ0v) is 17.6. The largest absolute Gasteiger partial charge is 0.372 e. The van der Waals surface area contributed by atoms with Crippen molar-refractivity contribution in [3.05, 3.63) is 42.0 Å². The first-order valence-corrected chi connectivity index (χ1v) is 10.4. The molecule has 160 valence electrons. The molecule has 3 N–H and O–H groups in total. The van der Waals surface area contributed by atoms with Crippen molar-refractivity contribution in [1.29, 1.82) is 5.26 Å². The van der Waals surface area contributed by atoms with E-state index in [1.54, 1.807) is 19.3 Å². The summed E-state index contributed by atoms with van der Waals surface area (Å²) in [5, 5.41) is 16.7. The average Bonchev–Trinajstić information content (AvgIpc) is 3.27. The van der Waals surface area contributed by atoms with Gasteiger partial charge in [0.25, 0.3) is 0 Å². The summed E-state index contributed by atoms with van der Waals surface area (Å²) in [6, 6.07) is 6.60. The molecule has 8 nitrogen and oxygen atoms in total. The molecule has 3 aromatic rings. The van der Waals surface area contributed by atoms with Gasteiger partial charge in [-0.1, -0.05) is 6.07 Å². The third kappa shape index (κ3) is 4.07. The van der Waals surface area contributed by atoms with Gasteiger partial charge in [-0.05, 0) is 31.9 Å². The van der Waals surface area contributed by atoms with Crippen molar-refractivity contribution < 1.29 is 4.39 Å². The number of hydrogen-bond donors (Lipinski definition) is 2. The lowest BCUT2D eigenvalue weighted by molar-refractivity contribution is 0.496. The monoisotopic (exact) mass is 420 g/mol. The van der Waals surface area contributed by atoms with Gasteiger partial charge in [-0.3, -0.25) is 4.68 Å². The van der Waals surface area contributed by atoms with E-state index in [0.29, 0.717) is 23.0 Å².